The Hall–Kier alpha value is -3.26. The molecule has 2 aromatic heterocycles. The van der Waals surface area contributed by atoms with E-state index in [1.165, 1.54) is 0 Å². The molecule has 5 rings (SSSR count). The number of fused-ring (bicyclic) bond motifs is 2. The number of carbonyl (C=O) groups is 1. The van der Waals surface area contributed by atoms with Gasteiger partial charge in [0, 0.05) is 48.2 Å². The average Bonchev–Trinajstić information content (AvgIpc) is 3.42. The molecule has 8 heteroatoms. The van der Waals surface area contributed by atoms with E-state index < -0.39 is 11.7 Å². The fourth-order valence-corrected chi connectivity index (χ4v) is 6.23. The highest BCUT2D eigenvalue weighted by Gasteiger charge is 2.30. The van der Waals surface area contributed by atoms with Crippen molar-refractivity contribution in [2.45, 2.75) is 46.3 Å². The number of ketones is 1. The van der Waals surface area contributed by atoms with Crippen molar-refractivity contribution < 1.29 is 9.53 Å². The van der Waals surface area contributed by atoms with Crippen molar-refractivity contribution in [3.8, 4) is 21.7 Å². The maximum Gasteiger partial charge on any atom is 0.163 e. The molecule has 0 aliphatic heterocycles. The molecule has 1 atom stereocenters. The molecule has 6 nitrogen and oxygen atoms in total. The van der Waals surface area contributed by atoms with Crippen LogP contribution in [0.4, 0.5) is 5.82 Å². The van der Waals surface area contributed by atoms with Crippen molar-refractivity contribution in [2.24, 2.45) is 7.05 Å². The van der Waals surface area contributed by atoms with Crippen LogP contribution in [0.15, 0.2) is 48.5 Å². The third-order valence-electron chi connectivity index (χ3n) is 6.66. The first kappa shape index (κ1) is 27.3. The molecule has 0 bridgehead atoms. The first-order valence-electron chi connectivity index (χ1n) is 12.9. The molecule has 39 heavy (non-hydrogen) atoms. The van der Waals surface area contributed by atoms with Crippen molar-refractivity contribution in [1.82, 2.24) is 14.8 Å². The van der Waals surface area contributed by atoms with Crippen LogP contribution in [0.25, 0.3) is 42.8 Å². The second-order valence-electron chi connectivity index (χ2n) is 11.2. The third kappa shape index (κ3) is 5.19. The van der Waals surface area contributed by atoms with Crippen molar-refractivity contribution >= 4 is 55.7 Å². The predicted molar refractivity (Wildman–Crippen MR) is 163 cm³/mol. The van der Waals surface area contributed by atoms with Crippen LogP contribution in [0.3, 0.4) is 0 Å². The van der Waals surface area contributed by atoms with E-state index in [9.17, 15) is 4.79 Å². The van der Waals surface area contributed by atoms with E-state index in [4.69, 9.17) is 21.3 Å². The van der Waals surface area contributed by atoms with Crippen LogP contribution in [0.1, 0.15) is 44.9 Å². The lowest BCUT2D eigenvalue weighted by Gasteiger charge is -2.29. The Balaban J connectivity index is 1.78. The number of hydrogen-bond donors (Lipinski definition) is 0. The van der Waals surface area contributed by atoms with Gasteiger partial charge in [0.15, 0.2) is 11.6 Å². The molecule has 0 spiro atoms. The Morgan fingerprint density at radius 2 is 1.74 bits per heavy atom. The second-order valence-corrected chi connectivity index (χ2v) is 12.6. The topological polar surface area (TPSA) is 60.2 Å². The summed E-state index contributed by atoms with van der Waals surface area (Å²) in [5, 5.41) is 7.32. The molecular formula is C31H33ClN4O2S. The Bertz CT molecular complexity index is 1710. The molecule has 0 saturated heterocycles. The molecule has 0 N–H and O–H groups in total. The lowest BCUT2D eigenvalue weighted by atomic mass is 9.90. The molecule has 0 unspecified atom stereocenters. The maximum atomic E-state index is 13.0. The minimum Gasteiger partial charge on any atom is -0.361 e. The van der Waals surface area contributed by atoms with Gasteiger partial charge in [-0.3, -0.25) is 9.48 Å². The number of aryl methyl sites for hydroxylation is 2. The summed E-state index contributed by atoms with van der Waals surface area (Å²) in [7, 11) is 5.96. The van der Waals surface area contributed by atoms with E-state index in [0.29, 0.717) is 5.02 Å². The predicted octanol–water partition coefficient (Wildman–Crippen LogP) is 7.99. The first-order valence-corrected chi connectivity index (χ1v) is 14.1. The Labute approximate surface area is 238 Å². The van der Waals surface area contributed by atoms with Gasteiger partial charge >= 0.3 is 0 Å². The summed E-state index contributed by atoms with van der Waals surface area (Å²) in [5.41, 5.74) is 6.25. The number of aromatic nitrogens is 3. The van der Waals surface area contributed by atoms with E-state index in [-0.39, 0.29) is 5.78 Å². The number of anilines is 1. The number of rotatable bonds is 6. The number of ether oxygens (including phenoxy) is 1. The number of thiazole rings is 1. The quantitative estimate of drug-likeness (QED) is 0.210. The van der Waals surface area contributed by atoms with Gasteiger partial charge in [-0.05, 0) is 82.1 Å². The Morgan fingerprint density at radius 1 is 1.08 bits per heavy atom. The lowest BCUT2D eigenvalue weighted by Crippen LogP contribution is -2.27. The first-order chi connectivity index (χ1) is 18.3. The fraction of sp³-hybridized carbons (Fsp3) is 0.323. The molecule has 0 aliphatic carbocycles. The zero-order chi connectivity index (χ0) is 28.2. The van der Waals surface area contributed by atoms with Crippen LogP contribution in [-0.4, -0.2) is 40.2 Å². The van der Waals surface area contributed by atoms with E-state index in [1.807, 2.05) is 82.7 Å². The standard InChI is InChI=1S/C31H33ClN4O2S/c1-17-15-23-28(39-30(33-23)20-11-14-24-22(16-20)29(35(6)7)34-36(24)8)26(19-9-12-21(32)13-10-19)25(17)27(18(2)37)38-31(3,4)5/h9-16,27H,1-8H3/t27-/m1/s1. The molecule has 0 amide bonds. The average molecular weight is 561 g/mol. The summed E-state index contributed by atoms with van der Waals surface area (Å²) in [6, 6.07) is 16.2. The van der Waals surface area contributed by atoms with Gasteiger partial charge in [0.2, 0.25) is 0 Å². The monoisotopic (exact) mass is 560 g/mol. The molecule has 5 aromatic rings. The van der Waals surface area contributed by atoms with Gasteiger partial charge < -0.3 is 9.64 Å². The molecule has 0 fully saturated rings. The summed E-state index contributed by atoms with van der Waals surface area (Å²) in [6.07, 6.45) is -0.708. The van der Waals surface area contributed by atoms with Crippen LogP contribution < -0.4 is 4.90 Å². The van der Waals surface area contributed by atoms with E-state index in [2.05, 4.69) is 29.4 Å². The minimum absolute atomic E-state index is 0.0365. The summed E-state index contributed by atoms with van der Waals surface area (Å²) >= 11 is 7.88. The zero-order valence-electron chi connectivity index (χ0n) is 23.6. The van der Waals surface area contributed by atoms with Gasteiger partial charge in [-0.2, -0.15) is 5.10 Å². The van der Waals surface area contributed by atoms with Crippen LogP contribution >= 0.6 is 22.9 Å². The van der Waals surface area contributed by atoms with Crippen molar-refractivity contribution in [3.05, 3.63) is 64.7 Å². The highest BCUT2D eigenvalue weighted by Crippen LogP contribution is 2.45. The van der Waals surface area contributed by atoms with Gasteiger partial charge in [-0.1, -0.05) is 23.7 Å². The van der Waals surface area contributed by atoms with Crippen LogP contribution in [-0.2, 0) is 16.6 Å². The summed E-state index contributed by atoms with van der Waals surface area (Å²) in [4.78, 5) is 20.1. The van der Waals surface area contributed by atoms with Crippen LogP contribution in [0.2, 0.25) is 5.02 Å². The van der Waals surface area contributed by atoms with Crippen molar-refractivity contribution in [3.63, 3.8) is 0 Å². The van der Waals surface area contributed by atoms with Gasteiger partial charge in [0.1, 0.15) is 11.1 Å². The van der Waals surface area contributed by atoms with E-state index in [1.54, 1.807) is 18.3 Å². The van der Waals surface area contributed by atoms with Crippen LogP contribution in [0, 0.1) is 6.92 Å². The molecule has 0 aliphatic rings. The van der Waals surface area contributed by atoms with E-state index >= 15 is 0 Å². The highest BCUT2D eigenvalue weighted by molar-refractivity contribution is 7.22. The minimum atomic E-state index is -0.708. The molecule has 3 aromatic carbocycles. The third-order valence-corrected chi connectivity index (χ3v) is 8.05. The Morgan fingerprint density at radius 3 is 2.36 bits per heavy atom. The zero-order valence-corrected chi connectivity index (χ0v) is 25.2. The number of halogens is 1. The molecule has 2 heterocycles. The van der Waals surface area contributed by atoms with Crippen LogP contribution in [0.5, 0.6) is 0 Å². The number of carbonyl (C=O) groups excluding carboxylic acids is 1. The van der Waals surface area contributed by atoms with E-state index in [0.717, 1.165) is 59.8 Å². The molecule has 202 valence electrons. The number of hydrogen-bond acceptors (Lipinski definition) is 6. The molecule has 0 radical (unpaired) electrons. The summed E-state index contributed by atoms with van der Waals surface area (Å²) in [5.74, 6) is 0.879. The molecule has 0 saturated carbocycles. The largest absolute Gasteiger partial charge is 0.361 e. The molecular weight excluding hydrogens is 528 g/mol. The fourth-order valence-electron chi connectivity index (χ4n) is 4.98. The maximum absolute atomic E-state index is 13.0. The number of benzene rings is 3. The Kier molecular flexibility index (Phi) is 7.04. The summed E-state index contributed by atoms with van der Waals surface area (Å²) < 4.78 is 9.28. The number of nitrogens with zero attached hydrogens (tertiary/aromatic N) is 4. The van der Waals surface area contributed by atoms with Gasteiger partial charge in [0.25, 0.3) is 0 Å². The van der Waals surface area contributed by atoms with Crippen molar-refractivity contribution in [1.29, 1.82) is 0 Å². The van der Waals surface area contributed by atoms with Gasteiger partial charge in [0.05, 0.1) is 21.3 Å². The normalized spacial score (nSPS) is 12.8. The smallest absolute Gasteiger partial charge is 0.163 e. The number of Topliss-reactive ketones (excluding diaryl/α,β-unsaturated/α-hetero) is 1. The van der Waals surface area contributed by atoms with Gasteiger partial charge in [-0.15, -0.1) is 11.3 Å². The van der Waals surface area contributed by atoms with Crippen molar-refractivity contribution in [2.75, 3.05) is 19.0 Å². The second kappa shape index (κ2) is 10.0. The highest BCUT2D eigenvalue weighted by atomic mass is 35.5. The lowest BCUT2D eigenvalue weighted by molar-refractivity contribution is -0.138. The SMILES string of the molecule is CC(=O)[C@@H](OC(C)(C)C)c1c(C)cc2nc(-c3ccc4c(c3)c(N(C)C)nn4C)sc2c1-c1ccc(Cl)cc1. The van der Waals surface area contributed by atoms with Gasteiger partial charge in [-0.25, -0.2) is 4.98 Å². The summed E-state index contributed by atoms with van der Waals surface area (Å²) in [6.45, 7) is 9.54.